The second-order valence-corrected chi connectivity index (χ2v) is 6.67. The standard InChI is InChI=1S/C22H18N4O2/c23-12-16-5-8-17(24-13-16)14-26-20-4-2-1-3-19(20)25-22(28)21(26)11-15-6-9-18(27)10-7-15/h1-10,13,21,27H,11,14H2,(H,25,28)/t21-/m1/s1. The Morgan fingerprint density at radius 2 is 1.89 bits per heavy atom. The van der Waals surface area contributed by atoms with E-state index < -0.39 is 6.04 Å². The molecule has 0 aliphatic carbocycles. The van der Waals surface area contributed by atoms with E-state index in [9.17, 15) is 9.90 Å². The molecule has 0 spiro atoms. The molecule has 1 atom stereocenters. The molecule has 4 rings (SSSR count). The summed E-state index contributed by atoms with van der Waals surface area (Å²) in [6.07, 6.45) is 2.04. The number of rotatable bonds is 4. The highest BCUT2D eigenvalue weighted by Crippen LogP contribution is 2.34. The maximum absolute atomic E-state index is 12.9. The zero-order chi connectivity index (χ0) is 19.5. The molecule has 28 heavy (non-hydrogen) atoms. The third kappa shape index (κ3) is 3.51. The van der Waals surface area contributed by atoms with Crippen molar-refractivity contribution in [2.75, 3.05) is 10.2 Å². The molecule has 1 aliphatic rings. The van der Waals surface area contributed by atoms with Crippen LogP contribution in [-0.2, 0) is 17.8 Å². The SMILES string of the molecule is N#Cc1ccc(CN2c3ccccc3NC(=O)[C@H]2Cc2ccc(O)cc2)nc1. The predicted molar refractivity (Wildman–Crippen MR) is 106 cm³/mol. The zero-order valence-corrected chi connectivity index (χ0v) is 15.0. The largest absolute Gasteiger partial charge is 0.508 e. The summed E-state index contributed by atoms with van der Waals surface area (Å²) in [4.78, 5) is 19.3. The molecule has 6 heteroatoms. The molecule has 6 nitrogen and oxygen atoms in total. The minimum Gasteiger partial charge on any atom is -0.508 e. The van der Waals surface area contributed by atoms with Gasteiger partial charge in [0.25, 0.3) is 0 Å². The molecule has 138 valence electrons. The van der Waals surface area contributed by atoms with Gasteiger partial charge in [-0.15, -0.1) is 0 Å². The maximum Gasteiger partial charge on any atom is 0.247 e. The van der Waals surface area contributed by atoms with Gasteiger partial charge in [0, 0.05) is 12.6 Å². The van der Waals surface area contributed by atoms with E-state index in [-0.39, 0.29) is 11.7 Å². The molecule has 0 fully saturated rings. The average molecular weight is 370 g/mol. The number of phenolic OH excluding ortho intramolecular Hbond substituents is 1. The lowest BCUT2D eigenvalue weighted by Gasteiger charge is -2.38. The van der Waals surface area contributed by atoms with Crippen molar-refractivity contribution >= 4 is 17.3 Å². The molecule has 2 aromatic carbocycles. The first-order valence-electron chi connectivity index (χ1n) is 8.93. The van der Waals surface area contributed by atoms with Crippen molar-refractivity contribution in [3.05, 3.63) is 83.7 Å². The van der Waals surface area contributed by atoms with Crippen LogP contribution in [0.2, 0.25) is 0 Å². The van der Waals surface area contributed by atoms with Crippen LogP contribution in [0.15, 0.2) is 66.9 Å². The zero-order valence-electron chi connectivity index (χ0n) is 15.0. The molecule has 0 unspecified atom stereocenters. The topological polar surface area (TPSA) is 89.2 Å². The first-order chi connectivity index (χ1) is 13.6. The number of carbonyl (C=O) groups excluding carboxylic acids is 1. The van der Waals surface area contributed by atoms with Crippen LogP contribution >= 0.6 is 0 Å². The summed E-state index contributed by atoms with van der Waals surface area (Å²) < 4.78 is 0. The predicted octanol–water partition coefficient (Wildman–Crippen LogP) is 3.23. The van der Waals surface area contributed by atoms with Crippen LogP contribution in [0, 0.1) is 11.3 Å². The van der Waals surface area contributed by atoms with Crippen LogP contribution in [0.4, 0.5) is 11.4 Å². The molecule has 1 aromatic heterocycles. The number of benzene rings is 2. The van der Waals surface area contributed by atoms with Gasteiger partial charge in [0.2, 0.25) is 5.91 Å². The summed E-state index contributed by atoms with van der Waals surface area (Å²) in [5.74, 6) is 0.112. The Morgan fingerprint density at radius 3 is 2.61 bits per heavy atom. The number of anilines is 2. The number of fused-ring (bicyclic) bond motifs is 1. The number of nitrogens with zero attached hydrogens (tertiary/aromatic N) is 3. The molecule has 0 bridgehead atoms. The second kappa shape index (κ2) is 7.41. The van der Waals surface area contributed by atoms with E-state index in [4.69, 9.17) is 5.26 Å². The quantitative estimate of drug-likeness (QED) is 0.736. The van der Waals surface area contributed by atoms with Gasteiger partial charge in [-0.25, -0.2) is 0 Å². The highest BCUT2D eigenvalue weighted by molar-refractivity contribution is 6.03. The number of carbonyl (C=O) groups is 1. The molecular weight excluding hydrogens is 352 g/mol. The third-order valence-electron chi connectivity index (χ3n) is 4.80. The fraction of sp³-hybridized carbons (Fsp3) is 0.136. The lowest BCUT2D eigenvalue weighted by atomic mass is 9.99. The fourth-order valence-electron chi connectivity index (χ4n) is 3.37. The van der Waals surface area contributed by atoms with Gasteiger partial charge in [-0.1, -0.05) is 24.3 Å². The molecule has 0 saturated heterocycles. The average Bonchev–Trinajstić information content (AvgIpc) is 2.72. The lowest BCUT2D eigenvalue weighted by Crippen LogP contribution is -2.49. The van der Waals surface area contributed by atoms with E-state index in [2.05, 4.69) is 16.4 Å². The number of aromatic hydroxyl groups is 1. The van der Waals surface area contributed by atoms with Crippen molar-refractivity contribution in [2.24, 2.45) is 0 Å². The second-order valence-electron chi connectivity index (χ2n) is 6.67. The minimum absolute atomic E-state index is 0.0829. The van der Waals surface area contributed by atoms with E-state index in [1.165, 1.54) is 0 Å². The highest BCUT2D eigenvalue weighted by atomic mass is 16.3. The Morgan fingerprint density at radius 1 is 1.11 bits per heavy atom. The van der Waals surface area contributed by atoms with Crippen LogP contribution < -0.4 is 10.2 Å². The van der Waals surface area contributed by atoms with Crippen LogP contribution in [0.3, 0.4) is 0 Å². The monoisotopic (exact) mass is 370 g/mol. The normalized spacial score (nSPS) is 15.5. The van der Waals surface area contributed by atoms with Crippen molar-refractivity contribution in [1.29, 1.82) is 5.26 Å². The lowest BCUT2D eigenvalue weighted by molar-refractivity contribution is -0.117. The number of nitriles is 1. The van der Waals surface area contributed by atoms with Crippen LogP contribution in [0.1, 0.15) is 16.8 Å². The minimum atomic E-state index is -0.420. The Bertz CT molecular complexity index is 1040. The smallest absolute Gasteiger partial charge is 0.247 e. The number of hydrogen-bond acceptors (Lipinski definition) is 5. The highest BCUT2D eigenvalue weighted by Gasteiger charge is 2.33. The first kappa shape index (κ1) is 17.6. The summed E-state index contributed by atoms with van der Waals surface area (Å²) in [6.45, 7) is 0.443. The van der Waals surface area contributed by atoms with Crippen molar-refractivity contribution in [3.63, 3.8) is 0 Å². The Kier molecular flexibility index (Phi) is 4.65. The molecule has 0 radical (unpaired) electrons. The van der Waals surface area contributed by atoms with Gasteiger partial charge in [-0.2, -0.15) is 5.26 Å². The first-order valence-corrected chi connectivity index (χ1v) is 8.93. The molecule has 1 aliphatic heterocycles. The Balaban J connectivity index is 1.68. The summed E-state index contributed by atoms with van der Waals surface area (Å²) >= 11 is 0. The van der Waals surface area contributed by atoms with E-state index in [0.717, 1.165) is 22.6 Å². The van der Waals surface area contributed by atoms with Crippen molar-refractivity contribution in [2.45, 2.75) is 19.0 Å². The third-order valence-corrected chi connectivity index (χ3v) is 4.80. The van der Waals surface area contributed by atoms with Gasteiger partial charge in [0.1, 0.15) is 17.9 Å². The molecule has 2 N–H and O–H groups in total. The number of pyridine rings is 1. The Hall–Kier alpha value is -3.85. The summed E-state index contributed by atoms with van der Waals surface area (Å²) in [7, 11) is 0. The van der Waals surface area contributed by atoms with Crippen LogP contribution in [0.25, 0.3) is 0 Å². The van der Waals surface area contributed by atoms with Gasteiger partial charge in [0.15, 0.2) is 0 Å². The van der Waals surface area contributed by atoms with Gasteiger partial charge in [-0.05, 0) is 42.0 Å². The maximum atomic E-state index is 12.9. The number of amides is 1. The fourth-order valence-corrected chi connectivity index (χ4v) is 3.37. The van der Waals surface area contributed by atoms with E-state index in [0.29, 0.717) is 18.5 Å². The van der Waals surface area contributed by atoms with Crippen LogP contribution in [-0.4, -0.2) is 22.0 Å². The van der Waals surface area contributed by atoms with E-state index in [1.54, 1.807) is 24.4 Å². The summed E-state index contributed by atoms with van der Waals surface area (Å²) in [6, 6.07) is 19.7. The number of phenols is 1. The molecular formula is C22H18N4O2. The van der Waals surface area contributed by atoms with Crippen molar-refractivity contribution in [3.8, 4) is 11.8 Å². The van der Waals surface area contributed by atoms with Gasteiger partial charge in [-0.3, -0.25) is 9.78 Å². The number of aromatic nitrogens is 1. The van der Waals surface area contributed by atoms with E-state index in [1.807, 2.05) is 47.4 Å². The Labute approximate surface area is 162 Å². The molecule has 0 saturated carbocycles. The van der Waals surface area contributed by atoms with Gasteiger partial charge >= 0.3 is 0 Å². The van der Waals surface area contributed by atoms with E-state index >= 15 is 0 Å². The van der Waals surface area contributed by atoms with Crippen molar-refractivity contribution < 1.29 is 9.90 Å². The number of para-hydroxylation sites is 2. The van der Waals surface area contributed by atoms with Gasteiger partial charge in [0.05, 0.1) is 29.2 Å². The molecule has 1 amide bonds. The number of hydrogen-bond donors (Lipinski definition) is 2. The van der Waals surface area contributed by atoms with Crippen molar-refractivity contribution in [1.82, 2.24) is 4.98 Å². The van der Waals surface area contributed by atoms with Crippen LogP contribution in [0.5, 0.6) is 5.75 Å². The summed E-state index contributed by atoms with van der Waals surface area (Å²) in [5.41, 5.74) is 3.93. The summed E-state index contributed by atoms with van der Waals surface area (Å²) in [5, 5.41) is 21.5. The van der Waals surface area contributed by atoms with Gasteiger partial charge < -0.3 is 15.3 Å². The molecule has 3 aromatic rings. The number of nitrogens with one attached hydrogen (secondary N) is 1. The molecule has 2 heterocycles.